The van der Waals surface area contributed by atoms with Crippen molar-refractivity contribution in [3.8, 4) is 0 Å². The normalized spacial score (nSPS) is 21.6. The highest BCUT2D eigenvalue weighted by Crippen LogP contribution is 2.24. The van der Waals surface area contributed by atoms with E-state index in [1.165, 1.54) is 0 Å². The number of nitrogens with zero attached hydrogens (tertiary/aromatic N) is 1. The fourth-order valence-electron chi connectivity index (χ4n) is 2.02. The standard InChI is InChI=1S/C11H13F3N2O2S/c1-7-6-16(3-2-15-7)19(17,18)11-9(13)4-8(12)5-10(11)14/h4-5,7,15H,2-3,6H2,1H3/t7-/m1/s1. The van der Waals surface area contributed by atoms with Gasteiger partial charge < -0.3 is 5.32 Å². The summed E-state index contributed by atoms with van der Waals surface area (Å²) in [4.78, 5) is -1.09. The monoisotopic (exact) mass is 294 g/mol. The molecule has 0 aliphatic carbocycles. The molecule has 8 heteroatoms. The van der Waals surface area contributed by atoms with Crippen LogP contribution in [0, 0.1) is 17.5 Å². The second kappa shape index (κ2) is 5.10. The summed E-state index contributed by atoms with van der Waals surface area (Å²) < 4.78 is 65.3. The van der Waals surface area contributed by atoms with Crippen LogP contribution in [0.4, 0.5) is 13.2 Å². The summed E-state index contributed by atoms with van der Waals surface area (Å²) in [6.45, 7) is 2.38. The molecule has 1 aliphatic rings. The lowest BCUT2D eigenvalue weighted by Crippen LogP contribution is -2.51. The minimum Gasteiger partial charge on any atom is -0.312 e. The van der Waals surface area contributed by atoms with Gasteiger partial charge in [0.2, 0.25) is 10.0 Å². The summed E-state index contributed by atoms with van der Waals surface area (Å²) in [5.41, 5.74) is 0. The van der Waals surface area contributed by atoms with Gasteiger partial charge in [0.05, 0.1) is 0 Å². The van der Waals surface area contributed by atoms with E-state index in [0.717, 1.165) is 4.31 Å². The van der Waals surface area contributed by atoms with Crippen LogP contribution in [-0.4, -0.2) is 38.4 Å². The summed E-state index contributed by atoms with van der Waals surface area (Å²) in [7, 11) is -4.30. The van der Waals surface area contributed by atoms with E-state index in [1.807, 2.05) is 0 Å². The molecule has 1 aliphatic heterocycles. The van der Waals surface area contributed by atoms with E-state index >= 15 is 0 Å². The van der Waals surface area contributed by atoms with Crippen LogP contribution in [0.5, 0.6) is 0 Å². The lowest BCUT2D eigenvalue weighted by atomic mass is 10.3. The maximum absolute atomic E-state index is 13.6. The number of sulfonamides is 1. The zero-order chi connectivity index (χ0) is 14.2. The first kappa shape index (κ1) is 14.3. The van der Waals surface area contributed by atoms with Gasteiger partial charge >= 0.3 is 0 Å². The van der Waals surface area contributed by atoms with Crippen molar-refractivity contribution < 1.29 is 21.6 Å². The molecule has 0 radical (unpaired) electrons. The fraction of sp³-hybridized carbons (Fsp3) is 0.455. The summed E-state index contributed by atoms with van der Waals surface area (Å²) in [6, 6.07) is 0.610. The predicted molar refractivity (Wildman–Crippen MR) is 62.5 cm³/mol. The lowest BCUT2D eigenvalue weighted by Gasteiger charge is -2.31. The third-order valence-electron chi connectivity index (χ3n) is 2.89. The molecule has 0 bridgehead atoms. The summed E-state index contributed by atoms with van der Waals surface area (Å²) in [5.74, 6) is -3.98. The van der Waals surface area contributed by atoms with Gasteiger partial charge in [-0.1, -0.05) is 0 Å². The van der Waals surface area contributed by atoms with Crippen molar-refractivity contribution in [1.82, 2.24) is 9.62 Å². The Hall–Kier alpha value is -1.12. The first-order valence-corrected chi connectivity index (χ1v) is 7.14. The van der Waals surface area contributed by atoms with Crippen molar-refractivity contribution in [1.29, 1.82) is 0 Å². The van der Waals surface area contributed by atoms with E-state index in [4.69, 9.17) is 0 Å². The van der Waals surface area contributed by atoms with E-state index in [2.05, 4.69) is 5.32 Å². The quantitative estimate of drug-likeness (QED) is 0.888. The number of piperazine rings is 1. The van der Waals surface area contributed by atoms with Gasteiger partial charge in [-0.2, -0.15) is 4.31 Å². The molecule has 19 heavy (non-hydrogen) atoms. The van der Waals surface area contributed by atoms with Crippen LogP contribution >= 0.6 is 0 Å². The number of halogens is 3. The maximum Gasteiger partial charge on any atom is 0.249 e. The Morgan fingerprint density at radius 2 is 1.84 bits per heavy atom. The zero-order valence-corrected chi connectivity index (χ0v) is 11.0. The SMILES string of the molecule is C[C@@H]1CN(S(=O)(=O)c2c(F)cc(F)cc2F)CCN1. The van der Waals surface area contributed by atoms with Gasteiger partial charge in [-0.15, -0.1) is 0 Å². The van der Waals surface area contributed by atoms with E-state index in [-0.39, 0.29) is 19.1 Å². The Morgan fingerprint density at radius 1 is 1.26 bits per heavy atom. The van der Waals surface area contributed by atoms with Gasteiger partial charge in [-0.25, -0.2) is 21.6 Å². The van der Waals surface area contributed by atoms with Crippen molar-refractivity contribution in [2.75, 3.05) is 19.6 Å². The van der Waals surface area contributed by atoms with E-state index < -0.39 is 32.4 Å². The third kappa shape index (κ3) is 2.75. The molecule has 0 unspecified atom stereocenters. The maximum atomic E-state index is 13.6. The van der Waals surface area contributed by atoms with Crippen molar-refractivity contribution in [3.63, 3.8) is 0 Å². The predicted octanol–water partition coefficient (Wildman–Crippen LogP) is 1.09. The number of hydrogen-bond acceptors (Lipinski definition) is 3. The lowest BCUT2D eigenvalue weighted by molar-refractivity contribution is 0.307. The van der Waals surface area contributed by atoms with Crippen molar-refractivity contribution in [2.45, 2.75) is 17.9 Å². The van der Waals surface area contributed by atoms with Crippen LogP contribution in [-0.2, 0) is 10.0 Å². The fourth-order valence-corrected chi connectivity index (χ4v) is 3.64. The van der Waals surface area contributed by atoms with Gasteiger partial charge in [-0.3, -0.25) is 0 Å². The van der Waals surface area contributed by atoms with Gasteiger partial charge in [-0.05, 0) is 6.92 Å². The van der Waals surface area contributed by atoms with E-state index in [9.17, 15) is 21.6 Å². The second-order valence-corrected chi connectivity index (χ2v) is 6.29. The Balaban J connectivity index is 2.45. The van der Waals surface area contributed by atoms with Crippen LogP contribution in [0.25, 0.3) is 0 Å². The first-order valence-electron chi connectivity index (χ1n) is 5.70. The van der Waals surface area contributed by atoms with E-state index in [0.29, 0.717) is 18.7 Å². The molecule has 1 saturated heterocycles. The Morgan fingerprint density at radius 3 is 2.37 bits per heavy atom. The zero-order valence-electron chi connectivity index (χ0n) is 10.2. The molecular formula is C11H13F3N2O2S. The molecule has 4 nitrogen and oxygen atoms in total. The molecular weight excluding hydrogens is 281 g/mol. The third-order valence-corrected chi connectivity index (χ3v) is 4.81. The summed E-state index contributed by atoms with van der Waals surface area (Å²) in [6.07, 6.45) is 0. The largest absolute Gasteiger partial charge is 0.312 e. The molecule has 1 N–H and O–H groups in total. The molecule has 1 fully saturated rings. The molecule has 2 rings (SSSR count). The molecule has 1 aromatic carbocycles. The van der Waals surface area contributed by atoms with Gasteiger partial charge in [0, 0.05) is 37.8 Å². The number of hydrogen-bond donors (Lipinski definition) is 1. The van der Waals surface area contributed by atoms with Crippen LogP contribution in [0.2, 0.25) is 0 Å². The number of benzene rings is 1. The minimum absolute atomic E-state index is 0.110. The van der Waals surface area contributed by atoms with Crippen LogP contribution in [0.1, 0.15) is 6.92 Å². The topological polar surface area (TPSA) is 49.4 Å². The van der Waals surface area contributed by atoms with Crippen LogP contribution in [0.3, 0.4) is 0 Å². The van der Waals surface area contributed by atoms with Gasteiger partial charge in [0.25, 0.3) is 0 Å². The summed E-state index contributed by atoms with van der Waals surface area (Å²) in [5, 5.41) is 3.02. The molecule has 106 valence electrons. The Bertz CT molecular complexity index is 569. The highest BCUT2D eigenvalue weighted by atomic mass is 32.2. The Labute approximate surface area is 109 Å². The molecule has 0 saturated carbocycles. The molecule has 1 aromatic rings. The minimum atomic E-state index is -4.30. The Kier molecular flexibility index (Phi) is 3.84. The summed E-state index contributed by atoms with van der Waals surface area (Å²) >= 11 is 0. The average Bonchev–Trinajstić information content (AvgIpc) is 2.26. The van der Waals surface area contributed by atoms with Gasteiger partial charge in [0.15, 0.2) is 4.90 Å². The average molecular weight is 294 g/mol. The molecule has 0 spiro atoms. The van der Waals surface area contributed by atoms with Crippen molar-refractivity contribution in [3.05, 3.63) is 29.6 Å². The second-order valence-electron chi connectivity index (χ2n) is 4.42. The molecule has 0 aromatic heterocycles. The first-order chi connectivity index (χ1) is 8.82. The van der Waals surface area contributed by atoms with E-state index in [1.54, 1.807) is 6.92 Å². The van der Waals surface area contributed by atoms with Crippen molar-refractivity contribution in [2.24, 2.45) is 0 Å². The molecule has 1 atom stereocenters. The van der Waals surface area contributed by atoms with Crippen molar-refractivity contribution >= 4 is 10.0 Å². The highest BCUT2D eigenvalue weighted by Gasteiger charge is 2.33. The molecule has 0 amide bonds. The van der Waals surface area contributed by atoms with Gasteiger partial charge in [0.1, 0.15) is 17.5 Å². The number of rotatable bonds is 2. The number of nitrogens with one attached hydrogen (secondary N) is 1. The smallest absolute Gasteiger partial charge is 0.249 e. The molecule has 1 heterocycles. The highest BCUT2D eigenvalue weighted by molar-refractivity contribution is 7.89. The van der Waals surface area contributed by atoms with Crippen LogP contribution < -0.4 is 5.32 Å². The van der Waals surface area contributed by atoms with Crippen LogP contribution in [0.15, 0.2) is 17.0 Å².